The Morgan fingerprint density at radius 2 is 1.94 bits per heavy atom. The summed E-state index contributed by atoms with van der Waals surface area (Å²) in [6.45, 7) is 2.02. The fourth-order valence-electron chi connectivity index (χ4n) is 4.79. The van der Waals surface area contributed by atoms with E-state index in [1.165, 1.54) is 11.9 Å². The normalized spacial score (nSPS) is 16.8. The number of fused-ring (bicyclic) bond motifs is 2. The number of carboxylic acid groups (broad SMARTS) is 1. The number of anilines is 2. The molecule has 4 aromatic rings. The van der Waals surface area contributed by atoms with E-state index in [9.17, 15) is 27.9 Å². The van der Waals surface area contributed by atoms with E-state index in [2.05, 4.69) is 4.98 Å². The smallest absolute Gasteiger partial charge is 0.420 e. The number of halogens is 4. The molecule has 2 aromatic heterocycles. The Morgan fingerprint density at radius 1 is 1.22 bits per heavy atom. The van der Waals surface area contributed by atoms with Crippen LogP contribution in [0.1, 0.15) is 22.8 Å². The van der Waals surface area contributed by atoms with Gasteiger partial charge in [0.25, 0.3) is 6.01 Å². The lowest BCUT2D eigenvalue weighted by Gasteiger charge is -2.41. The molecule has 12 heteroatoms. The van der Waals surface area contributed by atoms with Crippen molar-refractivity contribution in [1.82, 2.24) is 9.55 Å². The molecule has 8 nitrogen and oxygen atoms in total. The predicted octanol–water partition coefficient (Wildman–Crippen LogP) is 4.25. The maximum absolute atomic E-state index is 15.3. The number of nitrogens with zero attached hydrogens (tertiary/aromatic N) is 4. The van der Waals surface area contributed by atoms with Crippen LogP contribution < -0.4 is 15.2 Å². The molecule has 0 amide bonds. The number of rotatable bonds is 3. The molecule has 5 rings (SSSR count). The molecular weight excluding hydrogens is 484 g/mol. The number of piperazine rings is 1. The van der Waals surface area contributed by atoms with Crippen molar-refractivity contribution in [2.45, 2.75) is 19.1 Å². The van der Waals surface area contributed by atoms with E-state index in [1.807, 2.05) is 6.07 Å². The van der Waals surface area contributed by atoms with Crippen LogP contribution in [0.4, 0.5) is 29.3 Å². The zero-order valence-electron chi connectivity index (χ0n) is 19.1. The molecule has 1 atom stereocenters. The standard InChI is InChI=1S/C24H20F4N4O4/c1-12-10-31(7-8-32(12)23-29-16-5-3-4-6-17(16)36-23)20-15(25)9-13-19(18(20)24(26,27)28)30(2)11-14(21(13)33)22(34)35/h3-6,9,11-12H,7-8,10H2,1-2H3,(H,34,35). The lowest BCUT2D eigenvalue weighted by Crippen LogP contribution is -2.53. The van der Waals surface area contributed by atoms with E-state index in [4.69, 9.17) is 4.42 Å². The van der Waals surface area contributed by atoms with Crippen molar-refractivity contribution in [3.8, 4) is 0 Å². The fourth-order valence-corrected chi connectivity index (χ4v) is 4.79. The van der Waals surface area contributed by atoms with Gasteiger partial charge in [0.1, 0.15) is 22.5 Å². The van der Waals surface area contributed by atoms with Crippen molar-refractivity contribution in [3.63, 3.8) is 0 Å². The molecule has 2 aromatic carbocycles. The van der Waals surface area contributed by atoms with Crippen LogP contribution in [-0.2, 0) is 13.2 Å². The Bertz CT molecular complexity index is 1540. The highest BCUT2D eigenvalue weighted by atomic mass is 19.4. The minimum absolute atomic E-state index is 0.0192. The summed E-state index contributed by atoms with van der Waals surface area (Å²) in [5, 5.41) is 8.60. The monoisotopic (exact) mass is 504 g/mol. The predicted molar refractivity (Wildman–Crippen MR) is 124 cm³/mol. The second-order valence-electron chi connectivity index (χ2n) is 8.72. The Kier molecular flexibility index (Phi) is 5.42. The third-order valence-electron chi connectivity index (χ3n) is 6.38. The van der Waals surface area contributed by atoms with Crippen molar-refractivity contribution < 1.29 is 31.9 Å². The number of aromatic nitrogens is 2. The topological polar surface area (TPSA) is 91.8 Å². The van der Waals surface area contributed by atoms with E-state index in [-0.39, 0.29) is 25.7 Å². The van der Waals surface area contributed by atoms with Gasteiger partial charge in [0.2, 0.25) is 5.43 Å². The fraction of sp³-hybridized carbons (Fsp3) is 0.292. The average molecular weight is 504 g/mol. The van der Waals surface area contributed by atoms with Crippen LogP contribution in [0.15, 0.2) is 45.7 Å². The Balaban J connectivity index is 1.60. The van der Waals surface area contributed by atoms with E-state index in [1.54, 1.807) is 30.0 Å². The first-order valence-corrected chi connectivity index (χ1v) is 11.0. The summed E-state index contributed by atoms with van der Waals surface area (Å²) in [5.41, 5.74) is -3.30. The molecule has 1 saturated heterocycles. The van der Waals surface area contributed by atoms with Crippen molar-refractivity contribution in [2.75, 3.05) is 29.4 Å². The zero-order valence-corrected chi connectivity index (χ0v) is 19.1. The summed E-state index contributed by atoms with van der Waals surface area (Å²) >= 11 is 0. The van der Waals surface area contributed by atoms with Crippen molar-refractivity contribution >= 4 is 39.7 Å². The number of pyridine rings is 1. The molecule has 0 bridgehead atoms. The number of carbonyl (C=O) groups is 1. The van der Waals surface area contributed by atoms with Crippen LogP contribution in [0.5, 0.6) is 0 Å². The molecule has 0 radical (unpaired) electrons. The lowest BCUT2D eigenvalue weighted by molar-refractivity contribution is -0.136. The number of oxazole rings is 1. The maximum atomic E-state index is 15.3. The molecular formula is C24H20F4N4O4. The molecule has 0 aliphatic carbocycles. The number of benzene rings is 2. The van der Waals surface area contributed by atoms with Crippen LogP contribution in [0.3, 0.4) is 0 Å². The summed E-state index contributed by atoms with van der Waals surface area (Å²) in [5.74, 6) is -2.86. The van der Waals surface area contributed by atoms with Gasteiger partial charge in [-0.2, -0.15) is 18.2 Å². The molecule has 1 aliphatic heterocycles. The SMILES string of the molecule is CC1CN(c2c(F)cc3c(=O)c(C(=O)O)cn(C)c3c2C(F)(F)F)CCN1c1nc2ccccc2o1. The summed E-state index contributed by atoms with van der Waals surface area (Å²) in [4.78, 5) is 31.5. The van der Waals surface area contributed by atoms with Gasteiger partial charge in [-0.25, -0.2) is 9.18 Å². The minimum atomic E-state index is -5.02. The van der Waals surface area contributed by atoms with Gasteiger partial charge < -0.3 is 23.9 Å². The van der Waals surface area contributed by atoms with Gasteiger partial charge >= 0.3 is 12.1 Å². The molecule has 188 valence electrons. The average Bonchev–Trinajstić information content (AvgIpc) is 3.23. The summed E-state index contributed by atoms with van der Waals surface area (Å²) in [6.07, 6.45) is -4.21. The zero-order chi connectivity index (χ0) is 25.9. The minimum Gasteiger partial charge on any atom is -0.477 e. The first-order valence-electron chi connectivity index (χ1n) is 11.0. The largest absolute Gasteiger partial charge is 0.477 e. The van der Waals surface area contributed by atoms with Gasteiger partial charge in [0.05, 0.1) is 16.6 Å². The summed E-state index contributed by atoms with van der Waals surface area (Å²) < 4.78 is 65.2. The van der Waals surface area contributed by atoms with Crippen LogP contribution in [0, 0.1) is 5.82 Å². The number of hydrogen-bond acceptors (Lipinski definition) is 6. The van der Waals surface area contributed by atoms with Crippen LogP contribution in [0.2, 0.25) is 0 Å². The molecule has 0 spiro atoms. The Morgan fingerprint density at radius 3 is 2.58 bits per heavy atom. The second kappa shape index (κ2) is 8.25. The first-order chi connectivity index (χ1) is 17.0. The van der Waals surface area contributed by atoms with E-state index in [0.29, 0.717) is 23.2 Å². The molecule has 1 unspecified atom stereocenters. The first kappa shape index (κ1) is 23.6. The van der Waals surface area contributed by atoms with Gasteiger partial charge in [-0.1, -0.05) is 12.1 Å². The van der Waals surface area contributed by atoms with Gasteiger partial charge in [0.15, 0.2) is 5.58 Å². The molecule has 36 heavy (non-hydrogen) atoms. The van der Waals surface area contributed by atoms with E-state index < -0.39 is 51.1 Å². The molecule has 1 fully saturated rings. The van der Waals surface area contributed by atoms with Crippen molar-refractivity contribution in [2.24, 2.45) is 7.05 Å². The molecule has 1 N–H and O–H groups in total. The second-order valence-corrected chi connectivity index (χ2v) is 8.72. The number of carboxylic acids is 1. The Labute approximate surface area is 201 Å². The summed E-state index contributed by atoms with van der Waals surface area (Å²) in [7, 11) is 1.19. The highest BCUT2D eigenvalue weighted by molar-refractivity contribution is 5.95. The lowest BCUT2D eigenvalue weighted by atomic mass is 10.0. The molecule has 0 saturated carbocycles. The third-order valence-corrected chi connectivity index (χ3v) is 6.38. The summed E-state index contributed by atoms with van der Waals surface area (Å²) in [6, 6.07) is 7.77. The number of aromatic carboxylic acids is 1. The van der Waals surface area contributed by atoms with Gasteiger partial charge in [-0.05, 0) is 25.1 Å². The third kappa shape index (κ3) is 3.73. The van der Waals surface area contributed by atoms with Crippen LogP contribution >= 0.6 is 0 Å². The number of hydrogen-bond donors (Lipinski definition) is 1. The highest BCUT2D eigenvalue weighted by Crippen LogP contribution is 2.43. The maximum Gasteiger partial charge on any atom is 0.420 e. The van der Waals surface area contributed by atoms with Crippen molar-refractivity contribution in [3.05, 3.63) is 63.7 Å². The molecule has 3 heterocycles. The van der Waals surface area contributed by atoms with Crippen LogP contribution in [0.25, 0.3) is 22.0 Å². The van der Waals surface area contributed by atoms with Crippen LogP contribution in [-0.4, -0.2) is 46.3 Å². The molecule has 1 aliphatic rings. The number of para-hydroxylation sites is 2. The quantitative estimate of drug-likeness (QED) is 0.417. The Hall–Kier alpha value is -4.09. The van der Waals surface area contributed by atoms with Gasteiger partial charge in [0, 0.05) is 38.9 Å². The van der Waals surface area contributed by atoms with Gasteiger partial charge in [-0.3, -0.25) is 4.79 Å². The van der Waals surface area contributed by atoms with Gasteiger partial charge in [-0.15, -0.1) is 0 Å². The van der Waals surface area contributed by atoms with Crippen molar-refractivity contribution in [1.29, 1.82) is 0 Å². The number of aryl methyl sites for hydroxylation is 1. The van der Waals surface area contributed by atoms with E-state index in [0.717, 1.165) is 10.8 Å². The highest BCUT2D eigenvalue weighted by Gasteiger charge is 2.42. The van der Waals surface area contributed by atoms with E-state index >= 15 is 4.39 Å². The number of alkyl halides is 3.